The molecule has 0 aromatic heterocycles. The summed E-state index contributed by atoms with van der Waals surface area (Å²) in [6.07, 6.45) is 1.62. The summed E-state index contributed by atoms with van der Waals surface area (Å²) in [5, 5.41) is 17.7. The number of benzene rings is 2. The molecule has 2 aromatic rings. The third-order valence-corrected chi connectivity index (χ3v) is 5.23. The van der Waals surface area contributed by atoms with Crippen molar-refractivity contribution < 1.29 is 9.84 Å². The van der Waals surface area contributed by atoms with Gasteiger partial charge in [-0.1, -0.05) is 32.0 Å². The van der Waals surface area contributed by atoms with Crippen molar-refractivity contribution in [1.82, 2.24) is 0 Å². The number of nitrogens with zero attached hydrogens (tertiary/aromatic N) is 3. The second-order valence-corrected chi connectivity index (χ2v) is 6.89. The third-order valence-electron chi connectivity index (χ3n) is 5.23. The van der Waals surface area contributed by atoms with Crippen LogP contribution in [0.2, 0.25) is 0 Å². The predicted molar refractivity (Wildman–Crippen MR) is 103 cm³/mol. The summed E-state index contributed by atoms with van der Waals surface area (Å²) in [4.78, 5) is 1.88. The Morgan fingerprint density at radius 2 is 1.76 bits per heavy atom. The molecule has 5 heteroatoms. The number of para-hydroxylation sites is 1. The molecule has 5 nitrogen and oxygen atoms in total. The standard InChI is InChI=1S/C20H25N3O2/c1-19(2)17-8-6-7-9-18(17)22(3)20(19,24)14-21-23(4)15-10-12-16(25-5)13-11-15/h6-14,24H,1-5H3/b21-14+. The smallest absolute Gasteiger partial charge is 0.185 e. The van der Waals surface area contributed by atoms with Crippen LogP contribution in [0.5, 0.6) is 5.75 Å². The van der Waals surface area contributed by atoms with Gasteiger partial charge in [0.05, 0.1) is 19.0 Å². The Morgan fingerprint density at radius 1 is 1.12 bits per heavy atom. The minimum Gasteiger partial charge on any atom is -0.497 e. The molecule has 1 heterocycles. The number of hydrogen-bond acceptors (Lipinski definition) is 5. The van der Waals surface area contributed by atoms with Gasteiger partial charge >= 0.3 is 0 Å². The number of hydrogen-bond donors (Lipinski definition) is 1. The van der Waals surface area contributed by atoms with Crippen molar-refractivity contribution in [2.75, 3.05) is 31.1 Å². The maximum absolute atomic E-state index is 11.4. The van der Waals surface area contributed by atoms with Crippen LogP contribution in [0.1, 0.15) is 19.4 Å². The van der Waals surface area contributed by atoms with Crippen LogP contribution >= 0.6 is 0 Å². The Hall–Kier alpha value is -2.53. The summed E-state index contributed by atoms with van der Waals surface area (Å²) >= 11 is 0. The first kappa shape index (κ1) is 17.3. The van der Waals surface area contributed by atoms with Gasteiger partial charge < -0.3 is 14.7 Å². The highest BCUT2D eigenvalue weighted by molar-refractivity contribution is 5.83. The van der Waals surface area contributed by atoms with E-state index in [1.54, 1.807) is 18.3 Å². The number of methoxy groups -OCH3 is 1. The average Bonchev–Trinajstić information content (AvgIpc) is 2.79. The molecule has 1 aliphatic rings. The maximum Gasteiger partial charge on any atom is 0.185 e. The van der Waals surface area contributed by atoms with Crippen molar-refractivity contribution in [1.29, 1.82) is 0 Å². The zero-order valence-corrected chi connectivity index (χ0v) is 15.4. The van der Waals surface area contributed by atoms with E-state index in [9.17, 15) is 5.11 Å². The van der Waals surface area contributed by atoms with Crippen molar-refractivity contribution >= 4 is 17.6 Å². The maximum atomic E-state index is 11.4. The molecule has 2 aromatic carbocycles. The molecule has 0 spiro atoms. The predicted octanol–water partition coefficient (Wildman–Crippen LogP) is 3.23. The van der Waals surface area contributed by atoms with Gasteiger partial charge in [0.1, 0.15) is 5.75 Å². The van der Waals surface area contributed by atoms with E-state index in [2.05, 4.69) is 11.2 Å². The largest absolute Gasteiger partial charge is 0.497 e. The zero-order valence-electron chi connectivity index (χ0n) is 15.4. The number of rotatable bonds is 4. The second-order valence-electron chi connectivity index (χ2n) is 6.89. The summed E-state index contributed by atoms with van der Waals surface area (Å²) in [5.41, 5.74) is 1.35. The fourth-order valence-corrected chi connectivity index (χ4v) is 3.38. The Kier molecular flexibility index (Phi) is 4.21. The van der Waals surface area contributed by atoms with E-state index < -0.39 is 11.1 Å². The Morgan fingerprint density at radius 3 is 2.36 bits per heavy atom. The van der Waals surface area contributed by atoms with Gasteiger partial charge in [0.25, 0.3) is 0 Å². The summed E-state index contributed by atoms with van der Waals surface area (Å²) in [6.45, 7) is 4.07. The SMILES string of the molecule is COc1ccc(N(C)/N=C/C2(O)N(C)c3ccccc3C2(C)C)cc1. The lowest BCUT2D eigenvalue weighted by Gasteiger charge is -2.38. The van der Waals surface area contributed by atoms with Crippen LogP contribution in [0.15, 0.2) is 53.6 Å². The number of hydrazone groups is 1. The van der Waals surface area contributed by atoms with Crippen molar-refractivity contribution in [2.24, 2.45) is 5.10 Å². The molecule has 0 saturated heterocycles. The molecule has 132 valence electrons. The van der Waals surface area contributed by atoms with Gasteiger partial charge in [0.15, 0.2) is 5.72 Å². The van der Waals surface area contributed by atoms with Crippen LogP contribution < -0.4 is 14.6 Å². The van der Waals surface area contributed by atoms with E-state index in [0.717, 1.165) is 22.7 Å². The van der Waals surface area contributed by atoms with Crippen LogP contribution in [0.25, 0.3) is 0 Å². The summed E-state index contributed by atoms with van der Waals surface area (Å²) in [7, 11) is 5.39. The number of ether oxygens (including phenoxy) is 1. The molecule has 0 saturated carbocycles. The molecule has 0 fully saturated rings. The number of likely N-dealkylation sites (N-methyl/N-ethyl adjacent to an activating group) is 1. The van der Waals surface area contributed by atoms with Crippen molar-refractivity contribution in [2.45, 2.75) is 25.0 Å². The summed E-state index contributed by atoms with van der Waals surface area (Å²) in [6, 6.07) is 15.7. The fraction of sp³-hybridized carbons (Fsp3) is 0.350. The molecule has 1 aliphatic heterocycles. The molecule has 0 bridgehead atoms. The van der Waals surface area contributed by atoms with E-state index >= 15 is 0 Å². The normalized spacial score (nSPS) is 21.4. The molecule has 25 heavy (non-hydrogen) atoms. The van der Waals surface area contributed by atoms with Gasteiger partial charge in [-0.25, -0.2) is 0 Å². The van der Waals surface area contributed by atoms with Crippen molar-refractivity contribution in [3.8, 4) is 5.75 Å². The molecular formula is C20H25N3O2. The Bertz CT molecular complexity index is 786. The summed E-state index contributed by atoms with van der Waals surface area (Å²) < 4.78 is 5.18. The highest BCUT2D eigenvalue weighted by Gasteiger charge is 2.54. The lowest BCUT2D eigenvalue weighted by atomic mass is 9.78. The Balaban J connectivity index is 1.89. The molecule has 0 aliphatic carbocycles. The molecule has 1 N–H and O–H groups in total. The number of anilines is 2. The zero-order chi connectivity index (χ0) is 18.2. The van der Waals surface area contributed by atoms with Gasteiger partial charge in [-0.3, -0.25) is 5.01 Å². The highest BCUT2D eigenvalue weighted by atomic mass is 16.5. The molecular weight excluding hydrogens is 314 g/mol. The topological polar surface area (TPSA) is 48.3 Å². The second kappa shape index (κ2) is 6.08. The van der Waals surface area contributed by atoms with E-state index in [1.165, 1.54) is 0 Å². The van der Waals surface area contributed by atoms with E-state index in [1.807, 2.05) is 75.3 Å². The molecule has 1 unspecified atom stereocenters. The molecule has 0 amide bonds. The first-order chi connectivity index (χ1) is 11.8. The minimum atomic E-state index is -1.21. The van der Waals surface area contributed by atoms with Crippen LogP contribution in [-0.2, 0) is 5.41 Å². The van der Waals surface area contributed by atoms with Gasteiger partial charge in [0, 0.05) is 25.2 Å². The fourth-order valence-electron chi connectivity index (χ4n) is 3.38. The monoisotopic (exact) mass is 339 g/mol. The number of aliphatic hydroxyl groups is 1. The van der Waals surface area contributed by atoms with E-state index in [0.29, 0.717) is 0 Å². The van der Waals surface area contributed by atoms with Gasteiger partial charge in [-0.2, -0.15) is 5.10 Å². The van der Waals surface area contributed by atoms with E-state index in [4.69, 9.17) is 4.74 Å². The van der Waals surface area contributed by atoms with Crippen LogP contribution in [0.3, 0.4) is 0 Å². The van der Waals surface area contributed by atoms with Crippen LogP contribution in [0.4, 0.5) is 11.4 Å². The first-order valence-corrected chi connectivity index (χ1v) is 8.30. The summed E-state index contributed by atoms with van der Waals surface area (Å²) in [5.74, 6) is 0.798. The quantitative estimate of drug-likeness (QED) is 0.686. The van der Waals surface area contributed by atoms with Gasteiger partial charge in [-0.05, 0) is 35.9 Å². The molecule has 3 rings (SSSR count). The Labute approximate surface area is 149 Å². The first-order valence-electron chi connectivity index (χ1n) is 8.30. The minimum absolute atomic E-state index is 0.484. The highest BCUT2D eigenvalue weighted by Crippen LogP contribution is 2.48. The van der Waals surface area contributed by atoms with Crippen LogP contribution in [-0.4, -0.2) is 38.3 Å². The third kappa shape index (κ3) is 2.65. The van der Waals surface area contributed by atoms with Crippen molar-refractivity contribution in [3.63, 3.8) is 0 Å². The lowest BCUT2D eigenvalue weighted by molar-refractivity contribution is 0.0585. The average molecular weight is 339 g/mol. The van der Waals surface area contributed by atoms with E-state index in [-0.39, 0.29) is 0 Å². The molecule has 0 radical (unpaired) electrons. The lowest BCUT2D eigenvalue weighted by Crippen LogP contribution is -2.56. The van der Waals surface area contributed by atoms with Gasteiger partial charge in [0.2, 0.25) is 0 Å². The van der Waals surface area contributed by atoms with Crippen LogP contribution in [0, 0.1) is 0 Å². The molecule has 1 atom stereocenters. The van der Waals surface area contributed by atoms with Gasteiger partial charge in [-0.15, -0.1) is 0 Å². The number of fused-ring (bicyclic) bond motifs is 1. The van der Waals surface area contributed by atoms with Crippen molar-refractivity contribution in [3.05, 3.63) is 54.1 Å².